The molecule has 0 bridgehead atoms. The summed E-state index contributed by atoms with van der Waals surface area (Å²) in [6.45, 7) is 8.59. The van der Waals surface area contributed by atoms with Crippen molar-refractivity contribution >= 4 is 33.3 Å². The second-order valence-electron chi connectivity index (χ2n) is 7.22. The van der Waals surface area contributed by atoms with Crippen LogP contribution in [0.2, 0.25) is 0 Å². The summed E-state index contributed by atoms with van der Waals surface area (Å²) in [5.74, 6) is 0.916. The van der Waals surface area contributed by atoms with E-state index in [1.807, 2.05) is 20.8 Å². The zero-order valence-electron chi connectivity index (χ0n) is 19.3. The summed E-state index contributed by atoms with van der Waals surface area (Å²) in [6.07, 6.45) is 0. The molecule has 4 rings (SSSR count). The molecule has 34 heavy (non-hydrogen) atoms. The number of fused-ring (bicyclic) bond motifs is 1. The predicted molar refractivity (Wildman–Crippen MR) is 129 cm³/mol. The van der Waals surface area contributed by atoms with Crippen LogP contribution in [-0.4, -0.2) is 40.5 Å². The van der Waals surface area contributed by atoms with Gasteiger partial charge < -0.3 is 19.5 Å². The third-order valence-electron chi connectivity index (χ3n) is 4.78. The van der Waals surface area contributed by atoms with Crippen molar-refractivity contribution in [3.63, 3.8) is 0 Å². The van der Waals surface area contributed by atoms with Crippen LogP contribution in [0.25, 0.3) is 15.3 Å². The van der Waals surface area contributed by atoms with E-state index in [0.29, 0.717) is 64.0 Å². The van der Waals surface area contributed by atoms with Crippen molar-refractivity contribution in [3.8, 4) is 22.4 Å². The Bertz CT molecular complexity index is 1310. The molecular formula is C24H25FN4O4S. The quantitative estimate of drug-likeness (QED) is 0.343. The van der Waals surface area contributed by atoms with E-state index >= 15 is 0 Å². The van der Waals surface area contributed by atoms with Crippen molar-refractivity contribution in [2.45, 2.75) is 27.7 Å². The number of nitrogens with one attached hydrogen (secondary N) is 1. The van der Waals surface area contributed by atoms with Crippen molar-refractivity contribution in [2.75, 3.05) is 25.1 Å². The maximum absolute atomic E-state index is 14.2. The molecule has 4 aromatic rings. The van der Waals surface area contributed by atoms with Gasteiger partial charge in [-0.05, 0) is 52.0 Å². The number of halogens is 1. The fourth-order valence-corrected chi connectivity index (χ4v) is 4.38. The molecule has 0 spiro atoms. The Hall–Kier alpha value is -3.66. The van der Waals surface area contributed by atoms with Gasteiger partial charge >= 0.3 is 0 Å². The van der Waals surface area contributed by atoms with Crippen LogP contribution in [-0.2, 0) is 0 Å². The number of ether oxygens (including phenoxy) is 3. The van der Waals surface area contributed by atoms with Gasteiger partial charge in [-0.15, -0.1) is 0 Å². The smallest absolute Gasteiger partial charge is 0.257 e. The fourth-order valence-electron chi connectivity index (χ4n) is 3.44. The number of anilines is 1. The standard InChI is InChI=1S/C24H25FN4O4S/c1-5-31-17-12-15(13-18(32-6-2)22(17)33-7-3)23(30)26-20-11-14(4)28-29(20)24-27-21-16(25)9-8-10-19(21)34-24/h8-13H,5-7H2,1-4H3,(H,26,30). The maximum atomic E-state index is 14.2. The lowest BCUT2D eigenvalue weighted by Crippen LogP contribution is -2.16. The minimum absolute atomic E-state index is 0.266. The van der Waals surface area contributed by atoms with Crippen LogP contribution in [0.4, 0.5) is 10.2 Å². The zero-order chi connectivity index (χ0) is 24.2. The predicted octanol–water partition coefficient (Wildman–Crippen LogP) is 5.38. The number of hydrogen-bond donors (Lipinski definition) is 1. The van der Waals surface area contributed by atoms with Crippen molar-refractivity contribution in [1.29, 1.82) is 0 Å². The molecule has 1 N–H and O–H groups in total. The molecule has 0 aliphatic carbocycles. The summed E-state index contributed by atoms with van der Waals surface area (Å²) in [4.78, 5) is 17.6. The third-order valence-corrected chi connectivity index (χ3v) is 5.78. The molecule has 2 heterocycles. The molecule has 178 valence electrons. The topological polar surface area (TPSA) is 87.5 Å². The average molecular weight is 485 g/mol. The van der Waals surface area contributed by atoms with E-state index in [-0.39, 0.29) is 5.52 Å². The van der Waals surface area contributed by atoms with Crippen LogP contribution in [0.1, 0.15) is 36.8 Å². The van der Waals surface area contributed by atoms with Gasteiger partial charge in [-0.3, -0.25) is 4.79 Å². The van der Waals surface area contributed by atoms with Crippen LogP contribution in [0.5, 0.6) is 17.2 Å². The Morgan fingerprint density at radius 2 is 1.74 bits per heavy atom. The number of aryl methyl sites for hydroxylation is 1. The Morgan fingerprint density at radius 1 is 1.06 bits per heavy atom. The van der Waals surface area contributed by atoms with Crippen LogP contribution in [0.15, 0.2) is 36.4 Å². The molecule has 0 aliphatic rings. The minimum atomic E-state index is -0.407. The zero-order valence-corrected chi connectivity index (χ0v) is 20.2. The molecule has 2 aromatic heterocycles. The van der Waals surface area contributed by atoms with Gasteiger partial charge in [0.05, 0.1) is 30.2 Å². The lowest BCUT2D eigenvalue weighted by atomic mass is 10.1. The molecule has 2 aromatic carbocycles. The monoisotopic (exact) mass is 484 g/mol. The Balaban J connectivity index is 1.70. The Kier molecular flexibility index (Phi) is 6.97. The van der Waals surface area contributed by atoms with Crippen LogP contribution in [0, 0.1) is 12.7 Å². The normalized spacial score (nSPS) is 11.0. The van der Waals surface area contributed by atoms with Gasteiger partial charge in [0.1, 0.15) is 17.2 Å². The van der Waals surface area contributed by atoms with Gasteiger partial charge in [0, 0.05) is 11.6 Å². The van der Waals surface area contributed by atoms with Gasteiger partial charge in [0.25, 0.3) is 5.91 Å². The average Bonchev–Trinajstić information content (AvgIpc) is 3.40. The van der Waals surface area contributed by atoms with Crippen molar-refractivity contribution in [2.24, 2.45) is 0 Å². The number of carbonyl (C=O) groups excluding carboxylic acids is 1. The second kappa shape index (κ2) is 10.1. The van der Waals surface area contributed by atoms with E-state index in [4.69, 9.17) is 14.2 Å². The fraction of sp³-hybridized carbons (Fsp3) is 0.292. The van der Waals surface area contributed by atoms with Gasteiger partial charge in [-0.2, -0.15) is 9.78 Å². The van der Waals surface area contributed by atoms with E-state index in [2.05, 4.69) is 15.4 Å². The maximum Gasteiger partial charge on any atom is 0.257 e. The Morgan fingerprint density at radius 3 is 2.35 bits per heavy atom. The molecule has 0 radical (unpaired) electrons. The third kappa shape index (κ3) is 4.67. The summed E-state index contributed by atoms with van der Waals surface area (Å²) in [5.41, 5.74) is 1.27. The summed E-state index contributed by atoms with van der Waals surface area (Å²) >= 11 is 1.28. The van der Waals surface area contributed by atoms with E-state index in [9.17, 15) is 9.18 Å². The van der Waals surface area contributed by atoms with Gasteiger partial charge in [0.15, 0.2) is 11.5 Å². The van der Waals surface area contributed by atoms with Gasteiger partial charge in [0.2, 0.25) is 10.9 Å². The highest BCUT2D eigenvalue weighted by atomic mass is 32.1. The SMILES string of the molecule is CCOc1cc(C(=O)Nc2cc(C)nn2-c2nc3c(F)cccc3s2)cc(OCC)c1OCC. The minimum Gasteiger partial charge on any atom is -0.490 e. The first-order valence-corrected chi connectivity index (χ1v) is 11.8. The van der Waals surface area contributed by atoms with Crippen molar-refractivity contribution in [3.05, 3.63) is 53.5 Å². The van der Waals surface area contributed by atoms with Gasteiger partial charge in [-0.1, -0.05) is 17.4 Å². The molecule has 0 unspecified atom stereocenters. The molecule has 10 heteroatoms. The number of nitrogens with zero attached hydrogens (tertiary/aromatic N) is 3. The first kappa shape index (κ1) is 23.5. The first-order chi connectivity index (χ1) is 16.4. The summed E-state index contributed by atoms with van der Waals surface area (Å²) in [7, 11) is 0. The number of benzene rings is 2. The molecule has 0 aliphatic heterocycles. The Labute approximate surface area is 200 Å². The van der Waals surface area contributed by atoms with E-state index < -0.39 is 11.7 Å². The summed E-state index contributed by atoms with van der Waals surface area (Å²) < 4.78 is 33.5. The number of thiazole rings is 1. The highest BCUT2D eigenvalue weighted by Crippen LogP contribution is 2.39. The molecular weight excluding hydrogens is 459 g/mol. The number of aromatic nitrogens is 3. The lowest BCUT2D eigenvalue weighted by molar-refractivity contribution is 0.102. The number of para-hydroxylation sites is 1. The number of amides is 1. The molecule has 8 nitrogen and oxygen atoms in total. The van der Waals surface area contributed by atoms with Gasteiger partial charge in [-0.25, -0.2) is 9.37 Å². The van der Waals surface area contributed by atoms with Crippen molar-refractivity contribution in [1.82, 2.24) is 14.8 Å². The molecule has 0 saturated carbocycles. The summed E-state index contributed by atoms with van der Waals surface area (Å²) in [5, 5.41) is 7.77. The largest absolute Gasteiger partial charge is 0.490 e. The van der Waals surface area contributed by atoms with Crippen LogP contribution < -0.4 is 19.5 Å². The summed E-state index contributed by atoms with van der Waals surface area (Å²) in [6, 6.07) is 9.75. The number of carbonyl (C=O) groups is 1. The van der Waals surface area contributed by atoms with Crippen molar-refractivity contribution < 1.29 is 23.4 Å². The van der Waals surface area contributed by atoms with E-state index in [0.717, 1.165) is 0 Å². The highest BCUT2D eigenvalue weighted by molar-refractivity contribution is 7.20. The van der Waals surface area contributed by atoms with E-state index in [1.165, 1.54) is 22.1 Å². The number of hydrogen-bond acceptors (Lipinski definition) is 7. The highest BCUT2D eigenvalue weighted by Gasteiger charge is 2.21. The molecule has 1 amide bonds. The lowest BCUT2D eigenvalue weighted by Gasteiger charge is -2.17. The molecule has 0 fully saturated rings. The van der Waals surface area contributed by atoms with E-state index in [1.54, 1.807) is 37.3 Å². The first-order valence-electron chi connectivity index (χ1n) is 10.9. The molecule has 0 saturated heterocycles. The second-order valence-corrected chi connectivity index (χ2v) is 8.23. The molecule has 0 atom stereocenters. The van der Waals surface area contributed by atoms with Crippen LogP contribution >= 0.6 is 11.3 Å². The van der Waals surface area contributed by atoms with Crippen LogP contribution in [0.3, 0.4) is 0 Å². The number of rotatable bonds is 9.